The molecule has 0 unspecified atom stereocenters. The number of hydrogen-bond donors (Lipinski definition) is 0. The molecule has 1 aromatic carbocycles. The predicted octanol–water partition coefficient (Wildman–Crippen LogP) is 3.67. The van der Waals surface area contributed by atoms with Crippen LogP contribution in [0.15, 0.2) is 41.5 Å². The highest BCUT2D eigenvalue weighted by Gasteiger charge is 2.16. The number of halogens is 2. The van der Waals surface area contributed by atoms with E-state index in [0.29, 0.717) is 19.9 Å². The number of rotatable bonds is 1. The molecule has 0 amide bonds. The number of benzene rings is 1. The average molecular weight is 349 g/mol. The average Bonchev–Trinajstić information content (AvgIpc) is 2.85. The lowest BCUT2D eigenvalue weighted by Gasteiger charge is -2.04. The molecule has 8 heteroatoms. The van der Waals surface area contributed by atoms with Gasteiger partial charge in [0.25, 0.3) is 5.56 Å². The van der Waals surface area contributed by atoms with Crippen molar-refractivity contribution in [3.05, 3.63) is 55.7 Å². The number of thiophene rings is 1. The van der Waals surface area contributed by atoms with Crippen molar-refractivity contribution in [1.82, 2.24) is 19.6 Å². The van der Waals surface area contributed by atoms with Gasteiger partial charge in [0, 0.05) is 10.9 Å². The van der Waals surface area contributed by atoms with Crippen LogP contribution in [0.3, 0.4) is 0 Å². The van der Waals surface area contributed by atoms with Gasteiger partial charge < -0.3 is 0 Å². The number of nitrogens with zero attached hydrogens (tertiary/aromatic N) is 4. The first-order valence-corrected chi connectivity index (χ1v) is 7.80. The molecule has 0 aliphatic rings. The Morgan fingerprint density at radius 1 is 1.18 bits per heavy atom. The molecular weight excluding hydrogens is 343 g/mol. The van der Waals surface area contributed by atoms with Crippen molar-refractivity contribution in [2.45, 2.75) is 0 Å². The summed E-state index contributed by atoms with van der Waals surface area (Å²) < 4.78 is 2.37. The first-order valence-electron chi connectivity index (χ1n) is 6.23. The monoisotopic (exact) mass is 348 g/mol. The van der Waals surface area contributed by atoms with Crippen LogP contribution < -0.4 is 5.56 Å². The summed E-state index contributed by atoms with van der Waals surface area (Å²) in [5.41, 5.74) is 1.39. The van der Waals surface area contributed by atoms with Gasteiger partial charge in [0.05, 0.1) is 9.85 Å². The first-order chi connectivity index (χ1) is 10.6. The van der Waals surface area contributed by atoms with Crippen LogP contribution in [0.5, 0.6) is 0 Å². The lowest BCUT2D eigenvalue weighted by Crippen LogP contribution is -2.16. The maximum Gasteiger partial charge on any atom is 0.300 e. The van der Waals surface area contributed by atoms with Crippen molar-refractivity contribution in [2.75, 3.05) is 0 Å². The molecule has 4 rings (SSSR count). The van der Waals surface area contributed by atoms with Gasteiger partial charge >= 0.3 is 0 Å². The van der Waals surface area contributed by atoms with Crippen molar-refractivity contribution < 1.29 is 0 Å². The minimum absolute atomic E-state index is 0.155. The maximum absolute atomic E-state index is 12.3. The smallest absolute Gasteiger partial charge is 0.265 e. The highest BCUT2D eigenvalue weighted by Crippen LogP contribution is 2.36. The summed E-state index contributed by atoms with van der Waals surface area (Å²) in [5.74, 6) is 0. The molecule has 0 aliphatic carbocycles. The summed E-state index contributed by atoms with van der Waals surface area (Å²) in [5, 5.41) is 5.07. The van der Waals surface area contributed by atoms with E-state index >= 15 is 0 Å². The molecule has 0 atom stereocenters. The molecule has 0 radical (unpaired) electrons. The van der Waals surface area contributed by atoms with Gasteiger partial charge in [0.1, 0.15) is 10.7 Å². The summed E-state index contributed by atoms with van der Waals surface area (Å²) in [6.07, 6.45) is 1.52. The summed E-state index contributed by atoms with van der Waals surface area (Å²) >= 11 is 13.2. The normalized spacial score (nSPS) is 11.4. The molecule has 0 N–H and O–H groups in total. The molecule has 0 saturated carbocycles. The summed E-state index contributed by atoms with van der Waals surface area (Å²) in [6.45, 7) is 0. The van der Waals surface area contributed by atoms with E-state index in [1.54, 1.807) is 6.07 Å². The van der Waals surface area contributed by atoms with E-state index in [9.17, 15) is 4.79 Å². The van der Waals surface area contributed by atoms with Gasteiger partial charge in [-0.2, -0.15) is 10.1 Å². The van der Waals surface area contributed by atoms with Gasteiger partial charge in [-0.3, -0.25) is 4.79 Å². The van der Waals surface area contributed by atoms with Gasteiger partial charge in [0.15, 0.2) is 11.3 Å². The second-order valence-corrected chi connectivity index (χ2v) is 6.82. The van der Waals surface area contributed by atoms with Crippen LogP contribution in [0.25, 0.3) is 27.8 Å². The number of para-hydroxylation sites is 1. The lowest BCUT2D eigenvalue weighted by atomic mass is 10.2. The van der Waals surface area contributed by atoms with Crippen LogP contribution in [-0.2, 0) is 0 Å². The zero-order valence-electron chi connectivity index (χ0n) is 10.8. The molecule has 0 saturated heterocycles. The third-order valence-corrected chi connectivity index (χ3v) is 4.69. The minimum atomic E-state index is -0.451. The summed E-state index contributed by atoms with van der Waals surface area (Å²) in [4.78, 5) is 20.8. The van der Waals surface area contributed by atoms with Crippen LogP contribution >= 0.6 is 34.5 Å². The van der Waals surface area contributed by atoms with Crippen molar-refractivity contribution in [3.8, 4) is 11.3 Å². The fraction of sp³-hybridized carbons (Fsp3) is 0. The van der Waals surface area contributed by atoms with Crippen molar-refractivity contribution in [2.24, 2.45) is 0 Å². The zero-order valence-corrected chi connectivity index (χ0v) is 13.2. The summed E-state index contributed by atoms with van der Waals surface area (Å²) in [6, 6.07) is 9.05. The SMILES string of the molecule is O=c1nc2c3ccccc3ncn2nc1-c1cc(Cl)sc1Cl. The van der Waals surface area contributed by atoms with Gasteiger partial charge in [-0.25, -0.2) is 9.50 Å². The number of fused-ring (bicyclic) bond motifs is 3. The Bertz CT molecular complexity index is 1090. The quantitative estimate of drug-likeness (QED) is 0.492. The molecule has 4 aromatic rings. The fourth-order valence-corrected chi connectivity index (χ4v) is 3.69. The Kier molecular flexibility index (Phi) is 3.11. The Labute approximate surface area is 137 Å². The third-order valence-electron chi connectivity index (χ3n) is 3.20. The standard InChI is InChI=1S/C14H6Cl2N4OS/c15-10-5-8(12(16)22-10)11-14(21)18-13-7-3-1-2-4-9(7)17-6-20(13)19-11/h1-6H. The van der Waals surface area contributed by atoms with E-state index in [0.717, 1.165) is 10.9 Å². The molecule has 0 aliphatic heterocycles. The molecular formula is C14H6Cl2N4OS. The van der Waals surface area contributed by atoms with E-state index in [2.05, 4.69) is 15.1 Å². The lowest BCUT2D eigenvalue weighted by molar-refractivity contribution is 0.871. The molecule has 3 aromatic heterocycles. The van der Waals surface area contributed by atoms with E-state index in [1.807, 2.05) is 24.3 Å². The van der Waals surface area contributed by atoms with E-state index in [-0.39, 0.29) is 5.69 Å². The Morgan fingerprint density at radius 3 is 2.77 bits per heavy atom. The topological polar surface area (TPSA) is 60.2 Å². The molecule has 0 spiro atoms. The van der Waals surface area contributed by atoms with Crippen molar-refractivity contribution in [3.63, 3.8) is 0 Å². The van der Waals surface area contributed by atoms with Gasteiger partial charge in [-0.1, -0.05) is 35.3 Å². The Morgan fingerprint density at radius 2 is 2.00 bits per heavy atom. The highest BCUT2D eigenvalue weighted by atomic mass is 35.5. The van der Waals surface area contributed by atoms with Crippen LogP contribution in [-0.4, -0.2) is 19.6 Å². The molecule has 22 heavy (non-hydrogen) atoms. The van der Waals surface area contributed by atoms with Gasteiger partial charge in [-0.05, 0) is 18.2 Å². The zero-order chi connectivity index (χ0) is 15.3. The predicted molar refractivity (Wildman–Crippen MR) is 87.9 cm³/mol. The van der Waals surface area contributed by atoms with Crippen LogP contribution in [0.4, 0.5) is 0 Å². The largest absolute Gasteiger partial charge is 0.300 e. The molecule has 0 bridgehead atoms. The summed E-state index contributed by atoms with van der Waals surface area (Å²) in [7, 11) is 0. The van der Waals surface area contributed by atoms with Crippen LogP contribution in [0, 0.1) is 0 Å². The minimum Gasteiger partial charge on any atom is -0.265 e. The van der Waals surface area contributed by atoms with Crippen molar-refractivity contribution >= 4 is 51.1 Å². The Balaban J connectivity index is 2.07. The molecule has 108 valence electrons. The van der Waals surface area contributed by atoms with Crippen LogP contribution in [0.2, 0.25) is 8.67 Å². The maximum atomic E-state index is 12.3. The second kappa shape index (κ2) is 5.01. The van der Waals surface area contributed by atoms with Crippen molar-refractivity contribution in [1.29, 1.82) is 0 Å². The van der Waals surface area contributed by atoms with Gasteiger partial charge in [0.2, 0.25) is 0 Å². The highest BCUT2D eigenvalue weighted by molar-refractivity contribution is 7.20. The van der Waals surface area contributed by atoms with E-state index in [1.165, 1.54) is 22.2 Å². The van der Waals surface area contributed by atoms with E-state index in [4.69, 9.17) is 23.2 Å². The van der Waals surface area contributed by atoms with Crippen LogP contribution in [0.1, 0.15) is 0 Å². The third kappa shape index (κ3) is 2.08. The second-order valence-electron chi connectivity index (χ2n) is 4.53. The molecule has 3 heterocycles. The Hall–Kier alpha value is -2.02. The number of aromatic nitrogens is 4. The fourth-order valence-electron chi connectivity index (χ4n) is 2.23. The number of hydrogen-bond acceptors (Lipinski definition) is 5. The van der Waals surface area contributed by atoms with E-state index < -0.39 is 5.56 Å². The first kappa shape index (κ1) is 13.6. The van der Waals surface area contributed by atoms with Gasteiger partial charge in [-0.15, -0.1) is 11.3 Å². The molecule has 5 nitrogen and oxygen atoms in total. The molecule has 0 fully saturated rings.